The molecule has 1 aromatic heterocycles. The van der Waals surface area contributed by atoms with Crippen LogP contribution in [0.25, 0.3) is 21.7 Å². The van der Waals surface area contributed by atoms with E-state index in [2.05, 4.69) is 47.4 Å². The van der Waals surface area contributed by atoms with Gasteiger partial charge in [-0.3, -0.25) is 4.79 Å². The molecular formula is C25H25N3O2. The molecular weight excluding hydrogens is 374 g/mol. The molecule has 1 saturated heterocycles. The standard InChI is InChI=1S/C25H25N3O2/c1-27(2)20-13-14-28(16-20)19-10-8-18(9-11-19)26-25(29)24-15-22-21-6-4-3-5-17(21)7-12-23(22)30-24/h3-12,15,20H,13-14,16H2,1-2H3,(H,26,29). The fourth-order valence-corrected chi connectivity index (χ4v) is 4.25. The Morgan fingerprint density at radius 1 is 1.03 bits per heavy atom. The summed E-state index contributed by atoms with van der Waals surface area (Å²) in [6.07, 6.45) is 1.17. The second-order valence-corrected chi connectivity index (χ2v) is 8.16. The molecule has 1 unspecified atom stereocenters. The zero-order valence-electron chi connectivity index (χ0n) is 17.3. The molecule has 2 heterocycles. The molecule has 5 nitrogen and oxygen atoms in total. The van der Waals surface area contributed by atoms with Gasteiger partial charge in [0, 0.05) is 35.9 Å². The lowest BCUT2D eigenvalue weighted by Gasteiger charge is -2.22. The van der Waals surface area contributed by atoms with Crippen molar-refractivity contribution in [2.75, 3.05) is 37.4 Å². The zero-order valence-corrected chi connectivity index (χ0v) is 17.3. The maximum absolute atomic E-state index is 12.8. The van der Waals surface area contributed by atoms with Crippen molar-refractivity contribution in [3.05, 3.63) is 72.5 Å². The lowest BCUT2D eigenvalue weighted by atomic mass is 10.1. The summed E-state index contributed by atoms with van der Waals surface area (Å²) in [5, 5.41) is 6.13. The van der Waals surface area contributed by atoms with E-state index < -0.39 is 0 Å². The molecule has 1 fully saturated rings. The second-order valence-electron chi connectivity index (χ2n) is 8.16. The van der Waals surface area contributed by atoms with Crippen molar-refractivity contribution < 1.29 is 9.21 Å². The lowest BCUT2D eigenvalue weighted by Crippen LogP contribution is -2.31. The summed E-state index contributed by atoms with van der Waals surface area (Å²) in [4.78, 5) is 17.4. The fourth-order valence-electron chi connectivity index (χ4n) is 4.25. The highest BCUT2D eigenvalue weighted by atomic mass is 16.3. The van der Waals surface area contributed by atoms with Crippen LogP contribution in [-0.4, -0.2) is 44.0 Å². The number of likely N-dealkylation sites (N-methyl/N-ethyl adjacent to an activating group) is 1. The van der Waals surface area contributed by atoms with E-state index in [1.54, 1.807) is 0 Å². The molecule has 3 aromatic carbocycles. The molecule has 1 N–H and O–H groups in total. The lowest BCUT2D eigenvalue weighted by molar-refractivity contribution is 0.0998. The minimum atomic E-state index is -0.239. The van der Waals surface area contributed by atoms with Crippen molar-refractivity contribution in [3.63, 3.8) is 0 Å². The molecule has 4 aromatic rings. The monoisotopic (exact) mass is 399 g/mol. The van der Waals surface area contributed by atoms with Crippen molar-refractivity contribution in [1.29, 1.82) is 0 Å². The largest absolute Gasteiger partial charge is 0.451 e. The van der Waals surface area contributed by atoms with E-state index in [4.69, 9.17) is 4.42 Å². The fraction of sp³-hybridized carbons (Fsp3) is 0.240. The molecule has 1 amide bonds. The number of carbonyl (C=O) groups excluding carboxylic acids is 1. The van der Waals surface area contributed by atoms with Crippen LogP contribution in [0.15, 0.2) is 71.1 Å². The summed E-state index contributed by atoms with van der Waals surface area (Å²) in [6, 6.07) is 22.5. The van der Waals surface area contributed by atoms with E-state index in [0.29, 0.717) is 11.8 Å². The van der Waals surface area contributed by atoms with Crippen LogP contribution in [-0.2, 0) is 0 Å². The number of anilines is 2. The van der Waals surface area contributed by atoms with Gasteiger partial charge in [0.25, 0.3) is 5.91 Å². The molecule has 1 aliphatic rings. The quantitative estimate of drug-likeness (QED) is 0.526. The Balaban J connectivity index is 1.32. The summed E-state index contributed by atoms with van der Waals surface area (Å²) in [7, 11) is 4.27. The first-order chi connectivity index (χ1) is 14.6. The minimum Gasteiger partial charge on any atom is -0.451 e. The summed E-state index contributed by atoms with van der Waals surface area (Å²) >= 11 is 0. The van der Waals surface area contributed by atoms with Gasteiger partial charge in [0.05, 0.1) is 0 Å². The molecule has 5 rings (SSSR count). The van der Waals surface area contributed by atoms with Crippen LogP contribution in [0.2, 0.25) is 0 Å². The Hall–Kier alpha value is -3.31. The molecule has 0 saturated carbocycles. The van der Waals surface area contributed by atoms with Crippen LogP contribution in [0.4, 0.5) is 11.4 Å². The Labute approximate surface area is 175 Å². The summed E-state index contributed by atoms with van der Waals surface area (Å²) in [6.45, 7) is 2.09. The molecule has 0 spiro atoms. The Kier molecular flexibility index (Phi) is 4.68. The predicted octanol–water partition coefficient (Wildman–Crippen LogP) is 4.98. The summed E-state index contributed by atoms with van der Waals surface area (Å²) in [5.74, 6) is 0.0793. The third-order valence-electron chi connectivity index (χ3n) is 6.03. The number of nitrogens with one attached hydrogen (secondary N) is 1. The van der Waals surface area contributed by atoms with Crippen molar-refractivity contribution in [1.82, 2.24) is 4.90 Å². The second kappa shape index (κ2) is 7.50. The Morgan fingerprint density at radius 2 is 1.83 bits per heavy atom. The van der Waals surface area contributed by atoms with Gasteiger partial charge < -0.3 is 19.5 Å². The van der Waals surface area contributed by atoms with Gasteiger partial charge in [-0.25, -0.2) is 0 Å². The van der Waals surface area contributed by atoms with Crippen LogP contribution in [0.1, 0.15) is 17.0 Å². The van der Waals surface area contributed by atoms with Crippen molar-refractivity contribution >= 4 is 39.0 Å². The molecule has 5 heteroatoms. The smallest absolute Gasteiger partial charge is 0.291 e. The van der Waals surface area contributed by atoms with Gasteiger partial charge in [-0.05, 0) is 67.7 Å². The van der Waals surface area contributed by atoms with E-state index in [9.17, 15) is 4.79 Å². The number of nitrogens with zero attached hydrogens (tertiary/aromatic N) is 2. The molecule has 1 atom stereocenters. The number of fused-ring (bicyclic) bond motifs is 3. The Bertz CT molecular complexity index is 1210. The van der Waals surface area contributed by atoms with E-state index in [-0.39, 0.29) is 5.91 Å². The summed E-state index contributed by atoms with van der Waals surface area (Å²) < 4.78 is 5.82. The molecule has 30 heavy (non-hydrogen) atoms. The van der Waals surface area contributed by atoms with Crippen molar-refractivity contribution in [2.45, 2.75) is 12.5 Å². The number of furan rings is 1. The van der Waals surface area contributed by atoms with Gasteiger partial charge in [0.1, 0.15) is 5.58 Å². The third kappa shape index (κ3) is 3.42. The van der Waals surface area contributed by atoms with Crippen LogP contribution in [0, 0.1) is 0 Å². The van der Waals surface area contributed by atoms with Crippen LogP contribution >= 0.6 is 0 Å². The highest BCUT2D eigenvalue weighted by Crippen LogP contribution is 2.29. The minimum absolute atomic E-state index is 0.239. The number of rotatable bonds is 4. The van der Waals surface area contributed by atoms with Gasteiger partial charge in [-0.1, -0.05) is 30.3 Å². The highest BCUT2D eigenvalue weighted by molar-refractivity contribution is 6.10. The van der Waals surface area contributed by atoms with Gasteiger partial charge in [-0.15, -0.1) is 0 Å². The van der Waals surface area contributed by atoms with E-state index in [0.717, 1.165) is 40.5 Å². The molecule has 1 aliphatic heterocycles. The van der Waals surface area contributed by atoms with E-state index in [1.807, 2.05) is 48.5 Å². The molecule has 152 valence electrons. The number of hydrogen-bond donors (Lipinski definition) is 1. The van der Waals surface area contributed by atoms with Crippen LogP contribution in [0.3, 0.4) is 0 Å². The maximum Gasteiger partial charge on any atom is 0.291 e. The van der Waals surface area contributed by atoms with Gasteiger partial charge in [-0.2, -0.15) is 0 Å². The topological polar surface area (TPSA) is 48.7 Å². The van der Waals surface area contributed by atoms with E-state index >= 15 is 0 Å². The predicted molar refractivity (Wildman–Crippen MR) is 122 cm³/mol. The van der Waals surface area contributed by atoms with Gasteiger partial charge in [0.15, 0.2) is 5.76 Å². The SMILES string of the molecule is CN(C)C1CCN(c2ccc(NC(=O)c3cc4c(ccc5ccccc54)o3)cc2)C1. The average molecular weight is 399 g/mol. The first kappa shape index (κ1) is 18.7. The zero-order chi connectivity index (χ0) is 20.7. The average Bonchev–Trinajstić information content (AvgIpc) is 3.42. The maximum atomic E-state index is 12.8. The summed E-state index contributed by atoms with van der Waals surface area (Å²) in [5.41, 5.74) is 2.67. The first-order valence-corrected chi connectivity index (χ1v) is 10.3. The number of benzene rings is 3. The van der Waals surface area contributed by atoms with Crippen LogP contribution in [0.5, 0.6) is 0 Å². The molecule has 0 radical (unpaired) electrons. The number of amides is 1. The Morgan fingerprint density at radius 3 is 2.60 bits per heavy atom. The highest BCUT2D eigenvalue weighted by Gasteiger charge is 2.24. The normalized spacial score (nSPS) is 16.6. The third-order valence-corrected chi connectivity index (χ3v) is 6.03. The van der Waals surface area contributed by atoms with Crippen LogP contribution < -0.4 is 10.2 Å². The van der Waals surface area contributed by atoms with Crippen molar-refractivity contribution in [2.24, 2.45) is 0 Å². The number of carbonyl (C=O) groups is 1. The van der Waals surface area contributed by atoms with Gasteiger partial charge in [0.2, 0.25) is 0 Å². The van der Waals surface area contributed by atoms with E-state index in [1.165, 1.54) is 12.1 Å². The number of hydrogen-bond acceptors (Lipinski definition) is 4. The molecule has 0 bridgehead atoms. The molecule has 0 aliphatic carbocycles. The van der Waals surface area contributed by atoms with Crippen molar-refractivity contribution in [3.8, 4) is 0 Å². The van der Waals surface area contributed by atoms with Gasteiger partial charge >= 0.3 is 0 Å². The first-order valence-electron chi connectivity index (χ1n) is 10.3.